The molecule has 0 radical (unpaired) electrons. The molecule has 3 fully saturated rings. The van der Waals surface area contributed by atoms with Crippen LogP contribution >= 0.6 is 0 Å². The number of hydrogen-bond donors (Lipinski definition) is 1. The van der Waals surface area contributed by atoms with Crippen molar-refractivity contribution in [2.24, 2.45) is 0 Å². The monoisotopic (exact) mass is 393 g/mol. The van der Waals surface area contributed by atoms with E-state index in [1.54, 1.807) is 24.8 Å². The van der Waals surface area contributed by atoms with E-state index in [0.717, 1.165) is 5.56 Å². The van der Waals surface area contributed by atoms with Gasteiger partial charge in [-0.1, -0.05) is 30.3 Å². The first-order valence-electron chi connectivity index (χ1n) is 9.95. The average molecular weight is 393 g/mol. The first-order valence-corrected chi connectivity index (χ1v) is 9.95. The summed E-state index contributed by atoms with van der Waals surface area (Å²) in [5.74, 6) is -0.333. The number of aromatic nitrogens is 1. The Morgan fingerprint density at radius 1 is 1.21 bits per heavy atom. The number of ether oxygens (including phenoxy) is 1. The second-order valence-corrected chi connectivity index (χ2v) is 8.15. The van der Waals surface area contributed by atoms with E-state index in [0.29, 0.717) is 30.8 Å². The number of nitrogens with zero attached hydrogens (tertiary/aromatic N) is 2. The van der Waals surface area contributed by atoms with Gasteiger partial charge in [0.15, 0.2) is 5.72 Å². The Bertz CT molecular complexity index is 1060. The number of benzene rings is 1. The second kappa shape index (κ2) is 6.29. The Balaban J connectivity index is 1.49. The van der Waals surface area contributed by atoms with E-state index < -0.39 is 5.72 Å². The molecule has 0 saturated carbocycles. The summed E-state index contributed by atoms with van der Waals surface area (Å²) < 4.78 is 6.25. The molecule has 3 saturated heterocycles. The Morgan fingerprint density at radius 2 is 1.97 bits per heavy atom. The number of H-pyrrole nitrogens is 1. The molecule has 1 aromatic carbocycles. The molecule has 7 nitrogen and oxygen atoms in total. The topological polar surface area (TPSA) is 82.7 Å². The second-order valence-electron chi connectivity index (χ2n) is 8.15. The zero-order valence-electron chi connectivity index (χ0n) is 16.5. The van der Waals surface area contributed by atoms with Gasteiger partial charge < -0.3 is 19.5 Å². The van der Waals surface area contributed by atoms with E-state index in [-0.39, 0.29) is 41.4 Å². The average Bonchev–Trinajstić information content (AvgIpc) is 3.30. The van der Waals surface area contributed by atoms with Crippen LogP contribution < -0.4 is 5.56 Å². The number of likely N-dealkylation sites (tertiary alicyclic amines) is 1. The fraction of sp³-hybridized carbons (Fsp3) is 0.409. The third-order valence-corrected chi connectivity index (χ3v) is 6.48. The minimum Gasteiger partial charge on any atom is -0.351 e. The highest BCUT2D eigenvalue weighted by molar-refractivity contribution is 5.97. The van der Waals surface area contributed by atoms with Crippen LogP contribution in [0.1, 0.15) is 46.1 Å². The van der Waals surface area contributed by atoms with E-state index in [1.165, 1.54) is 0 Å². The quantitative estimate of drug-likeness (QED) is 0.845. The molecule has 0 unspecified atom stereocenters. The highest BCUT2D eigenvalue weighted by atomic mass is 16.5. The molecule has 0 bridgehead atoms. The molecule has 5 rings (SSSR count). The molecule has 3 atom stereocenters. The van der Waals surface area contributed by atoms with Crippen molar-refractivity contribution < 1.29 is 14.3 Å². The number of pyridine rings is 1. The lowest BCUT2D eigenvalue weighted by molar-refractivity contribution is -0.138. The highest BCUT2D eigenvalue weighted by Crippen LogP contribution is 2.51. The first kappa shape index (κ1) is 18.1. The van der Waals surface area contributed by atoms with Crippen molar-refractivity contribution in [3.8, 4) is 0 Å². The van der Waals surface area contributed by atoms with E-state index in [2.05, 4.69) is 4.98 Å². The number of nitrogens with one attached hydrogen (secondary N) is 1. The van der Waals surface area contributed by atoms with Gasteiger partial charge in [-0.15, -0.1) is 0 Å². The predicted molar refractivity (Wildman–Crippen MR) is 105 cm³/mol. The van der Waals surface area contributed by atoms with E-state index in [1.807, 2.05) is 35.2 Å². The summed E-state index contributed by atoms with van der Waals surface area (Å²) in [4.78, 5) is 45.0. The number of rotatable bonds is 2. The lowest BCUT2D eigenvalue weighted by Crippen LogP contribution is -2.49. The summed E-state index contributed by atoms with van der Waals surface area (Å²) in [5, 5.41) is 0. The number of amides is 2. The van der Waals surface area contributed by atoms with Crippen molar-refractivity contribution in [1.82, 2.24) is 14.8 Å². The maximum Gasteiger partial charge on any atom is 0.261 e. The fourth-order valence-corrected chi connectivity index (χ4v) is 5.27. The van der Waals surface area contributed by atoms with Gasteiger partial charge in [-0.05, 0) is 31.0 Å². The molecule has 4 heterocycles. The zero-order chi connectivity index (χ0) is 20.3. The van der Waals surface area contributed by atoms with Gasteiger partial charge in [0, 0.05) is 18.7 Å². The minimum atomic E-state index is -0.793. The van der Waals surface area contributed by atoms with E-state index >= 15 is 0 Å². The number of aromatic amines is 1. The number of hydrogen-bond acceptors (Lipinski definition) is 4. The van der Waals surface area contributed by atoms with Crippen LogP contribution in [0, 0.1) is 13.8 Å². The normalized spacial score (nSPS) is 28.0. The summed E-state index contributed by atoms with van der Waals surface area (Å²) in [6.45, 7) is 4.43. The maximum atomic E-state index is 13.3. The molecule has 3 aliphatic heterocycles. The Morgan fingerprint density at radius 3 is 2.69 bits per heavy atom. The van der Waals surface area contributed by atoms with Crippen molar-refractivity contribution in [3.63, 3.8) is 0 Å². The number of carbonyl (C=O) groups is 2. The number of carbonyl (C=O) groups excluding carboxylic acids is 2. The van der Waals surface area contributed by atoms with Crippen molar-refractivity contribution in [2.45, 2.75) is 44.5 Å². The molecular weight excluding hydrogens is 370 g/mol. The largest absolute Gasteiger partial charge is 0.351 e. The molecule has 2 aromatic rings. The minimum absolute atomic E-state index is 0.00612. The van der Waals surface area contributed by atoms with Crippen molar-refractivity contribution >= 4 is 11.8 Å². The van der Waals surface area contributed by atoms with Gasteiger partial charge in [0.25, 0.3) is 11.5 Å². The molecule has 29 heavy (non-hydrogen) atoms. The van der Waals surface area contributed by atoms with Crippen LogP contribution in [-0.4, -0.2) is 51.5 Å². The van der Waals surface area contributed by atoms with Gasteiger partial charge in [0.05, 0.1) is 25.1 Å². The first-order chi connectivity index (χ1) is 13.9. The molecule has 1 aromatic heterocycles. The third kappa shape index (κ3) is 2.50. The zero-order valence-corrected chi connectivity index (χ0v) is 16.5. The third-order valence-electron chi connectivity index (χ3n) is 6.48. The van der Waals surface area contributed by atoms with Crippen LogP contribution in [0.4, 0.5) is 0 Å². The van der Waals surface area contributed by atoms with Crippen LogP contribution in [0.15, 0.2) is 41.2 Å². The molecule has 3 aliphatic rings. The predicted octanol–water partition coefficient (Wildman–Crippen LogP) is 1.91. The van der Waals surface area contributed by atoms with Crippen molar-refractivity contribution in [1.29, 1.82) is 0 Å². The van der Waals surface area contributed by atoms with Crippen molar-refractivity contribution in [2.75, 3.05) is 13.2 Å². The summed E-state index contributed by atoms with van der Waals surface area (Å²) in [6, 6.07) is 11.1. The van der Waals surface area contributed by atoms with Crippen LogP contribution in [0.2, 0.25) is 0 Å². The maximum absolute atomic E-state index is 13.3. The molecule has 7 heteroatoms. The summed E-state index contributed by atoms with van der Waals surface area (Å²) in [5.41, 5.74) is 1.37. The van der Waals surface area contributed by atoms with Gasteiger partial charge in [0.2, 0.25) is 5.91 Å². The van der Waals surface area contributed by atoms with Gasteiger partial charge in [-0.2, -0.15) is 0 Å². The van der Waals surface area contributed by atoms with Gasteiger partial charge in [-0.25, -0.2) is 0 Å². The van der Waals surface area contributed by atoms with Crippen LogP contribution in [0.5, 0.6) is 0 Å². The number of aryl methyl sites for hydroxylation is 2. The lowest BCUT2D eigenvalue weighted by Gasteiger charge is -2.33. The summed E-state index contributed by atoms with van der Waals surface area (Å²) >= 11 is 0. The van der Waals surface area contributed by atoms with Gasteiger partial charge >= 0.3 is 0 Å². The van der Waals surface area contributed by atoms with Crippen LogP contribution in [-0.2, 0) is 9.53 Å². The fourth-order valence-electron chi connectivity index (χ4n) is 5.27. The standard InChI is InChI=1S/C22H23N3O4/c1-13-10-14(2)23-20(27)19(13)21(28)24-9-8-22-17(24)11-18(26)25(22)16(12-29-22)15-6-4-3-5-7-15/h3-7,10,16-17H,8-9,11-12H2,1-2H3,(H,23,27)/t16-,17+,22-/m0/s1. The molecule has 1 spiro atoms. The Hall–Kier alpha value is -2.93. The smallest absolute Gasteiger partial charge is 0.261 e. The molecule has 1 N–H and O–H groups in total. The summed E-state index contributed by atoms with van der Waals surface area (Å²) in [6.07, 6.45) is 0.777. The van der Waals surface area contributed by atoms with E-state index in [4.69, 9.17) is 4.74 Å². The van der Waals surface area contributed by atoms with Crippen molar-refractivity contribution in [3.05, 3.63) is 69.1 Å². The van der Waals surface area contributed by atoms with E-state index in [9.17, 15) is 14.4 Å². The van der Waals surface area contributed by atoms with Crippen LogP contribution in [0.3, 0.4) is 0 Å². The molecular formula is C22H23N3O4. The highest BCUT2D eigenvalue weighted by Gasteiger charge is 2.65. The lowest BCUT2D eigenvalue weighted by atomic mass is 10.0. The summed E-state index contributed by atoms with van der Waals surface area (Å²) in [7, 11) is 0. The Labute approximate surface area is 168 Å². The molecule has 2 amide bonds. The SMILES string of the molecule is Cc1cc(C)c(C(=O)N2CC[C@@]34OC[C@@H](c5ccccc5)N3C(=O)C[C@@H]24)c(=O)[nH]1. The molecule has 150 valence electrons. The van der Waals surface area contributed by atoms with Crippen LogP contribution in [0.25, 0.3) is 0 Å². The van der Waals surface area contributed by atoms with Gasteiger partial charge in [0.1, 0.15) is 5.56 Å². The molecule has 0 aliphatic carbocycles. The Kier molecular flexibility index (Phi) is 3.93. The van der Waals surface area contributed by atoms with Gasteiger partial charge in [-0.3, -0.25) is 14.4 Å².